The first-order valence-electron chi connectivity index (χ1n) is 5.98. The summed E-state index contributed by atoms with van der Waals surface area (Å²) < 4.78 is 31.5. The molecule has 0 spiro atoms. The lowest BCUT2D eigenvalue weighted by Gasteiger charge is -2.30. The molecule has 0 aliphatic carbocycles. The van der Waals surface area contributed by atoms with Gasteiger partial charge in [0.1, 0.15) is 0 Å². The van der Waals surface area contributed by atoms with E-state index in [0.29, 0.717) is 0 Å². The average molecular weight is 301 g/mol. The molecular weight excluding hydrogens is 286 g/mol. The van der Waals surface area contributed by atoms with Gasteiger partial charge in [-0.05, 0) is 19.1 Å². The summed E-state index contributed by atoms with van der Waals surface area (Å²) in [6, 6.07) is 3.53. The summed E-state index contributed by atoms with van der Waals surface area (Å²) in [6.45, 7) is 2.33. The maximum Gasteiger partial charge on any atom is 0.289 e. The highest BCUT2D eigenvalue weighted by Crippen LogP contribution is 2.29. The number of nitro groups is 1. The number of nitrogens with zero attached hydrogens (tertiary/aromatic N) is 2. The number of anilines is 1. The minimum absolute atomic E-state index is 0.161. The van der Waals surface area contributed by atoms with Crippen LogP contribution in [0.25, 0.3) is 0 Å². The number of morpholine rings is 1. The number of sulfonamides is 1. The van der Waals surface area contributed by atoms with Crippen LogP contribution in [0.3, 0.4) is 0 Å². The lowest BCUT2D eigenvalue weighted by molar-refractivity contribution is -0.387. The molecule has 1 atom stereocenters. The largest absolute Gasteiger partial charge is 0.399 e. The molecule has 2 rings (SSSR count). The first-order chi connectivity index (χ1) is 9.32. The van der Waals surface area contributed by atoms with Crippen molar-refractivity contribution in [1.82, 2.24) is 4.31 Å². The van der Waals surface area contributed by atoms with Crippen LogP contribution in [0.1, 0.15) is 6.92 Å². The lowest BCUT2D eigenvalue weighted by Crippen LogP contribution is -2.44. The molecule has 110 valence electrons. The highest BCUT2D eigenvalue weighted by atomic mass is 32.2. The maximum absolute atomic E-state index is 12.5. The van der Waals surface area contributed by atoms with E-state index < -0.39 is 20.6 Å². The molecule has 20 heavy (non-hydrogen) atoms. The molecule has 0 bridgehead atoms. The zero-order valence-electron chi connectivity index (χ0n) is 10.9. The summed E-state index contributed by atoms with van der Waals surface area (Å²) in [4.78, 5) is 9.88. The van der Waals surface area contributed by atoms with Crippen LogP contribution in [-0.2, 0) is 14.8 Å². The molecule has 9 heteroatoms. The Morgan fingerprint density at radius 3 is 2.80 bits per heavy atom. The summed E-state index contributed by atoms with van der Waals surface area (Å²) in [6.07, 6.45) is -0.251. The second kappa shape index (κ2) is 5.35. The topological polar surface area (TPSA) is 116 Å². The number of ether oxygens (including phenoxy) is 1. The second-order valence-corrected chi connectivity index (χ2v) is 6.44. The second-order valence-electron chi connectivity index (χ2n) is 4.53. The van der Waals surface area contributed by atoms with Gasteiger partial charge in [-0.25, -0.2) is 8.42 Å². The minimum Gasteiger partial charge on any atom is -0.399 e. The maximum atomic E-state index is 12.5. The van der Waals surface area contributed by atoms with Crippen LogP contribution in [0.5, 0.6) is 0 Å². The van der Waals surface area contributed by atoms with Gasteiger partial charge in [0, 0.05) is 24.8 Å². The zero-order valence-corrected chi connectivity index (χ0v) is 11.7. The van der Waals surface area contributed by atoms with Crippen molar-refractivity contribution < 1.29 is 18.1 Å². The fourth-order valence-corrected chi connectivity index (χ4v) is 3.72. The van der Waals surface area contributed by atoms with Crippen molar-refractivity contribution in [3.8, 4) is 0 Å². The molecule has 0 radical (unpaired) electrons. The number of hydrogen-bond donors (Lipinski definition) is 1. The number of nitro benzene ring substituents is 1. The Kier molecular flexibility index (Phi) is 3.93. The highest BCUT2D eigenvalue weighted by molar-refractivity contribution is 7.89. The van der Waals surface area contributed by atoms with Gasteiger partial charge in [0.25, 0.3) is 5.69 Å². The van der Waals surface area contributed by atoms with E-state index >= 15 is 0 Å². The smallest absolute Gasteiger partial charge is 0.289 e. The van der Waals surface area contributed by atoms with Gasteiger partial charge in [0.2, 0.25) is 10.0 Å². The lowest BCUT2D eigenvalue weighted by atomic mass is 10.3. The molecule has 1 aliphatic heterocycles. The third-order valence-electron chi connectivity index (χ3n) is 3.00. The quantitative estimate of drug-likeness (QED) is 0.496. The average Bonchev–Trinajstić information content (AvgIpc) is 2.38. The van der Waals surface area contributed by atoms with Crippen molar-refractivity contribution in [2.75, 3.05) is 25.4 Å². The van der Waals surface area contributed by atoms with Crippen LogP contribution in [0.4, 0.5) is 11.4 Å². The molecule has 0 amide bonds. The number of hydrogen-bond acceptors (Lipinski definition) is 6. The van der Waals surface area contributed by atoms with Crippen LogP contribution in [0.15, 0.2) is 23.1 Å². The minimum atomic E-state index is -3.96. The van der Waals surface area contributed by atoms with Crippen LogP contribution in [-0.4, -0.2) is 43.4 Å². The molecule has 1 aromatic carbocycles. The van der Waals surface area contributed by atoms with Crippen molar-refractivity contribution in [2.24, 2.45) is 0 Å². The van der Waals surface area contributed by atoms with Gasteiger partial charge >= 0.3 is 0 Å². The number of nitrogen functional groups attached to an aromatic ring is 1. The van der Waals surface area contributed by atoms with E-state index in [-0.39, 0.29) is 36.4 Å². The molecule has 1 saturated heterocycles. The highest BCUT2D eigenvalue weighted by Gasteiger charge is 2.34. The van der Waals surface area contributed by atoms with Crippen molar-refractivity contribution in [3.63, 3.8) is 0 Å². The van der Waals surface area contributed by atoms with Crippen LogP contribution < -0.4 is 5.73 Å². The molecule has 2 N–H and O–H groups in total. The molecule has 0 aromatic heterocycles. The normalized spacial score (nSPS) is 20.8. The molecule has 1 unspecified atom stereocenters. The number of rotatable bonds is 3. The summed E-state index contributed by atoms with van der Waals surface area (Å²) in [5.41, 5.74) is 5.24. The van der Waals surface area contributed by atoms with Crippen molar-refractivity contribution in [1.29, 1.82) is 0 Å². The third kappa shape index (κ3) is 2.74. The van der Waals surface area contributed by atoms with Crippen LogP contribution in [0, 0.1) is 10.1 Å². The molecule has 1 fully saturated rings. The number of nitrogens with two attached hydrogens (primary N) is 1. The Hall–Kier alpha value is -1.71. The van der Waals surface area contributed by atoms with Gasteiger partial charge in [0.15, 0.2) is 4.90 Å². The molecule has 1 aliphatic rings. The van der Waals surface area contributed by atoms with Crippen molar-refractivity contribution in [2.45, 2.75) is 17.9 Å². The van der Waals surface area contributed by atoms with Crippen molar-refractivity contribution in [3.05, 3.63) is 28.3 Å². The van der Waals surface area contributed by atoms with E-state index in [1.54, 1.807) is 6.92 Å². The van der Waals surface area contributed by atoms with E-state index in [2.05, 4.69) is 0 Å². The van der Waals surface area contributed by atoms with Crippen molar-refractivity contribution >= 4 is 21.4 Å². The van der Waals surface area contributed by atoms with Gasteiger partial charge < -0.3 is 10.5 Å². The molecule has 8 nitrogen and oxygen atoms in total. The van der Waals surface area contributed by atoms with Gasteiger partial charge in [-0.3, -0.25) is 10.1 Å². The molecule has 1 aromatic rings. The monoisotopic (exact) mass is 301 g/mol. The Morgan fingerprint density at radius 1 is 1.50 bits per heavy atom. The molecule has 0 saturated carbocycles. The Bertz CT molecular complexity index is 631. The van der Waals surface area contributed by atoms with E-state index in [0.717, 1.165) is 12.1 Å². The van der Waals surface area contributed by atoms with Crippen LogP contribution >= 0.6 is 0 Å². The first-order valence-corrected chi connectivity index (χ1v) is 7.42. The van der Waals surface area contributed by atoms with E-state index in [4.69, 9.17) is 10.5 Å². The fourth-order valence-electron chi connectivity index (χ4n) is 2.03. The van der Waals surface area contributed by atoms with Gasteiger partial charge in [-0.2, -0.15) is 4.31 Å². The summed E-state index contributed by atoms with van der Waals surface area (Å²) in [5.74, 6) is 0. The van der Waals surface area contributed by atoms with Gasteiger partial charge in [-0.15, -0.1) is 0 Å². The van der Waals surface area contributed by atoms with E-state index in [9.17, 15) is 18.5 Å². The number of benzene rings is 1. The Morgan fingerprint density at radius 2 is 2.20 bits per heavy atom. The zero-order chi connectivity index (χ0) is 14.9. The summed E-state index contributed by atoms with van der Waals surface area (Å²) in [5, 5.41) is 11.0. The first kappa shape index (κ1) is 14.7. The predicted molar refractivity (Wildman–Crippen MR) is 71.7 cm³/mol. The molecule has 1 heterocycles. The fraction of sp³-hybridized carbons (Fsp3) is 0.455. The Labute approximate surface area is 116 Å². The standard InChI is InChI=1S/C11H15N3O5S/c1-8-7-13(4-5-19-8)20(17,18)11-6-9(12)2-3-10(11)14(15)16/h2-3,6,8H,4-5,7,12H2,1H3. The van der Waals surface area contributed by atoms with Crippen LogP contribution in [0.2, 0.25) is 0 Å². The SMILES string of the molecule is CC1CN(S(=O)(=O)c2cc(N)ccc2[N+](=O)[O-])CCO1. The van der Waals surface area contributed by atoms with E-state index in [1.807, 2.05) is 0 Å². The van der Waals surface area contributed by atoms with E-state index in [1.165, 1.54) is 10.4 Å². The van der Waals surface area contributed by atoms with Gasteiger partial charge in [-0.1, -0.05) is 0 Å². The summed E-state index contributed by atoms with van der Waals surface area (Å²) >= 11 is 0. The Balaban J connectivity index is 2.48. The summed E-state index contributed by atoms with van der Waals surface area (Å²) in [7, 11) is -3.96. The predicted octanol–water partition coefficient (Wildman–Crippen LogP) is 0.586. The third-order valence-corrected chi connectivity index (χ3v) is 4.90. The molecular formula is C11H15N3O5S. The van der Waals surface area contributed by atoms with Gasteiger partial charge in [0.05, 0.1) is 17.6 Å².